The standard InChI is InChI=1S/C25H23F3N4O5/c1-13(2)32-20-10-16(8-9-19(20)29(4)23(32)36)30-12-17(22(34)35)21(33)31(24(30)37)11-15-6-5-7-18(14(15)3)25(26,27)28/h5-10,12-13H,11H2,1-4H3,(H,34,35). The van der Waals surface area contributed by atoms with Crippen molar-refractivity contribution in [2.45, 2.75) is 39.5 Å². The number of alkyl halides is 3. The Hall–Kier alpha value is -4.35. The fourth-order valence-corrected chi connectivity index (χ4v) is 4.41. The van der Waals surface area contributed by atoms with Crippen molar-refractivity contribution in [1.29, 1.82) is 0 Å². The highest BCUT2D eigenvalue weighted by atomic mass is 19.4. The van der Waals surface area contributed by atoms with E-state index in [1.54, 1.807) is 27.0 Å². The molecular weight excluding hydrogens is 493 g/mol. The molecule has 9 nitrogen and oxygen atoms in total. The molecule has 0 aliphatic rings. The molecule has 0 atom stereocenters. The maximum Gasteiger partial charge on any atom is 0.416 e. The number of nitrogens with zero attached hydrogens (tertiary/aromatic N) is 4. The van der Waals surface area contributed by atoms with Crippen LogP contribution in [0.25, 0.3) is 16.7 Å². The van der Waals surface area contributed by atoms with E-state index in [0.29, 0.717) is 15.6 Å². The molecule has 0 radical (unpaired) electrons. The summed E-state index contributed by atoms with van der Waals surface area (Å²) in [6.45, 7) is 4.26. The van der Waals surface area contributed by atoms with Crippen molar-refractivity contribution in [3.05, 3.63) is 96.2 Å². The van der Waals surface area contributed by atoms with Crippen molar-refractivity contribution in [3.8, 4) is 5.69 Å². The van der Waals surface area contributed by atoms with Gasteiger partial charge in [-0.15, -0.1) is 0 Å². The lowest BCUT2D eigenvalue weighted by molar-refractivity contribution is -0.138. The highest BCUT2D eigenvalue weighted by Gasteiger charge is 2.33. The molecule has 194 valence electrons. The second-order valence-corrected chi connectivity index (χ2v) is 8.96. The van der Waals surface area contributed by atoms with E-state index in [2.05, 4.69) is 0 Å². The van der Waals surface area contributed by atoms with Crippen LogP contribution < -0.4 is 16.9 Å². The number of benzene rings is 2. The zero-order valence-electron chi connectivity index (χ0n) is 20.3. The average Bonchev–Trinajstić information content (AvgIpc) is 3.06. The van der Waals surface area contributed by atoms with Crippen molar-refractivity contribution in [1.82, 2.24) is 18.3 Å². The second-order valence-electron chi connectivity index (χ2n) is 8.96. The maximum absolute atomic E-state index is 13.4. The van der Waals surface area contributed by atoms with Crippen molar-refractivity contribution in [3.63, 3.8) is 0 Å². The largest absolute Gasteiger partial charge is 0.477 e. The Kier molecular flexibility index (Phi) is 6.22. The fourth-order valence-electron chi connectivity index (χ4n) is 4.41. The van der Waals surface area contributed by atoms with Crippen LogP contribution in [0.5, 0.6) is 0 Å². The van der Waals surface area contributed by atoms with E-state index in [1.807, 2.05) is 0 Å². The van der Waals surface area contributed by atoms with Crippen LogP contribution in [-0.4, -0.2) is 29.3 Å². The predicted molar refractivity (Wildman–Crippen MR) is 130 cm³/mol. The third kappa shape index (κ3) is 4.28. The summed E-state index contributed by atoms with van der Waals surface area (Å²) >= 11 is 0. The molecule has 4 aromatic rings. The van der Waals surface area contributed by atoms with E-state index in [4.69, 9.17) is 0 Å². The number of aryl methyl sites for hydroxylation is 1. The predicted octanol–water partition coefficient (Wildman–Crippen LogP) is 3.31. The lowest BCUT2D eigenvalue weighted by Gasteiger charge is -2.16. The first-order chi connectivity index (χ1) is 17.2. The Morgan fingerprint density at radius 1 is 1.03 bits per heavy atom. The molecule has 2 aromatic heterocycles. The van der Waals surface area contributed by atoms with Gasteiger partial charge in [-0.25, -0.2) is 14.4 Å². The minimum absolute atomic E-state index is 0.0373. The van der Waals surface area contributed by atoms with E-state index in [-0.39, 0.29) is 28.5 Å². The van der Waals surface area contributed by atoms with Gasteiger partial charge in [0.05, 0.1) is 28.8 Å². The minimum atomic E-state index is -4.65. The van der Waals surface area contributed by atoms with Crippen molar-refractivity contribution in [2.75, 3.05) is 0 Å². The Morgan fingerprint density at radius 3 is 2.30 bits per heavy atom. The molecule has 12 heteroatoms. The van der Waals surface area contributed by atoms with Gasteiger partial charge in [-0.2, -0.15) is 13.2 Å². The summed E-state index contributed by atoms with van der Waals surface area (Å²) < 4.78 is 44.6. The first-order valence-electron chi connectivity index (χ1n) is 11.2. The highest BCUT2D eigenvalue weighted by Crippen LogP contribution is 2.33. The zero-order valence-corrected chi connectivity index (χ0v) is 20.3. The Balaban J connectivity index is 1.98. The van der Waals surface area contributed by atoms with Crippen molar-refractivity contribution >= 4 is 17.0 Å². The minimum Gasteiger partial charge on any atom is -0.477 e. The van der Waals surface area contributed by atoms with Crippen LogP contribution in [0.2, 0.25) is 0 Å². The first kappa shape index (κ1) is 25.7. The number of imidazole rings is 1. The summed E-state index contributed by atoms with van der Waals surface area (Å²) in [5, 5.41) is 9.63. The smallest absolute Gasteiger partial charge is 0.416 e. The molecule has 0 aliphatic heterocycles. The van der Waals surface area contributed by atoms with Gasteiger partial charge in [0.2, 0.25) is 0 Å². The molecule has 37 heavy (non-hydrogen) atoms. The van der Waals surface area contributed by atoms with Gasteiger partial charge >= 0.3 is 23.5 Å². The van der Waals surface area contributed by atoms with E-state index in [9.17, 15) is 37.5 Å². The van der Waals surface area contributed by atoms with Gasteiger partial charge < -0.3 is 5.11 Å². The van der Waals surface area contributed by atoms with Crippen molar-refractivity contribution < 1.29 is 23.1 Å². The Labute approximate surface area is 207 Å². The number of halogens is 3. The third-order valence-electron chi connectivity index (χ3n) is 6.35. The number of hydrogen-bond donors (Lipinski definition) is 1. The molecule has 2 heterocycles. The molecule has 0 amide bonds. The van der Waals surface area contributed by atoms with Crippen LogP contribution in [0, 0.1) is 6.92 Å². The maximum atomic E-state index is 13.4. The first-order valence-corrected chi connectivity index (χ1v) is 11.2. The van der Waals surface area contributed by atoms with Gasteiger partial charge in [0, 0.05) is 19.3 Å². The number of carboxylic acids is 1. The lowest BCUT2D eigenvalue weighted by atomic mass is 10.0. The van der Waals surface area contributed by atoms with Gasteiger partial charge in [-0.1, -0.05) is 12.1 Å². The summed E-state index contributed by atoms with van der Waals surface area (Å²) in [5.74, 6) is -1.60. The summed E-state index contributed by atoms with van der Waals surface area (Å²) in [4.78, 5) is 50.9. The average molecular weight is 516 g/mol. The third-order valence-corrected chi connectivity index (χ3v) is 6.35. The molecule has 0 unspecified atom stereocenters. The van der Waals surface area contributed by atoms with Crippen LogP contribution in [0.3, 0.4) is 0 Å². The fraction of sp³-hybridized carbons (Fsp3) is 0.280. The lowest BCUT2D eigenvalue weighted by Crippen LogP contribution is -2.42. The summed E-state index contributed by atoms with van der Waals surface area (Å²) in [7, 11) is 1.59. The molecule has 4 rings (SSSR count). The Morgan fingerprint density at radius 2 is 1.70 bits per heavy atom. The normalized spacial score (nSPS) is 12.0. The molecule has 0 bridgehead atoms. The number of carboxylic acid groups (broad SMARTS) is 1. The number of aromatic nitrogens is 4. The molecule has 1 N–H and O–H groups in total. The van der Waals surface area contributed by atoms with Crippen LogP contribution in [-0.2, 0) is 19.8 Å². The van der Waals surface area contributed by atoms with Gasteiger partial charge in [0.15, 0.2) is 0 Å². The molecule has 0 fully saturated rings. The SMILES string of the molecule is Cc1c(Cn2c(=O)c(C(=O)O)cn(-c3ccc4c(c3)n(C(C)C)c(=O)n4C)c2=O)cccc1C(F)(F)F. The molecule has 0 spiro atoms. The number of rotatable bonds is 5. The van der Waals surface area contributed by atoms with E-state index >= 15 is 0 Å². The van der Waals surface area contributed by atoms with E-state index < -0.39 is 41.1 Å². The van der Waals surface area contributed by atoms with Gasteiger partial charge in [0.25, 0.3) is 5.56 Å². The van der Waals surface area contributed by atoms with Crippen LogP contribution in [0.15, 0.2) is 57.0 Å². The molecule has 0 saturated carbocycles. The number of fused-ring (bicyclic) bond motifs is 1. The summed E-state index contributed by atoms with van der Waals surface area (Å²) in [6, 6.07) is 7.75. The zero-order chi connectivity index (χ0) is 27.4. The van der Waals surface area contributed by atoms with Gasteiger partial charge in [0.1, 0.15) is 5.56 Å². The summed E-state index contributed by atoms with van der Waals surface area (Å²) in [5.41, 5.74) is -2.95. The summed E-state index contributed by atoms with van der Waals surface area (Å²) in [6.07, 6.45) is -3.77. The van der Waals surface area contributed by atoms with E-state index in [0.717, 1.165) is 22.9 Å². The number of hydrogen-bond acceptors (Lipinski definition) is 4. The van der Waals surface area contributed by atoms with Gasteiger partial charge in [-0.05, 0) is 56.2 Å². The number of carbonyl (C=O) groups is 1. The molecule has 0 aliphatic carbocycles. The van der Waals surface area contributed by atoms with Crippen LogP contribution in [0.4, 0.5) is 13.2 Å². The van der Waals surface area contributed by atoms with E-state index in [1.165, 1.54) is 34.3 Å². The topological polar surface area (TPSA) is 108 Å². The highest BCUT2D eigenvalue weighted by molar-refractivity contribution is 5.87. The molecular formula is C25H23F3N4O5. The van der Waals surface area contributed by atoms with Crippen molar-refractivity contribution in [2.24, 2.45) is 7.05 Å². The molecule has 0 saturated heterocycles. The van der Waals surface area contributed by atoms with Crippen LogP contribution in [0.1, 0.15) is 46.9 Å². The van der Waals surface area contributed by atoms with Crippen LogP contribution >= 0.6 is 0 Å². The molecule has 2 aromatic carbocycles. The monoisotopic (exact) mass is 516 g/mol. The number of aromatic carboxylic acids is 1. The second kappa shape index (κ2) is 8.95. The quantitative estimate of drug-likeness (QED) is 0.438. The Bertz CT molecular complexity index is 1740. The van der Waals surface area contributed by atoms with Gasteiger partial charge in [-0.3, -0.25) is 23.1 Å².